The second-order valence-corrected chi connectivity index (χ2v) is 3.15. The molecule has 0 nitrogen and oxygen atoms in total. The van der Waals surface area contributed by atoms with Gasteiger partial charge in [-0.2, -0.15) is 0 Å². The van der Waals surface area contributed by atoms with E-state index in [1.54, 1.807) is 0 Å². The summed E-state index contributed by atoms with van der Waals surface area (Å²) in [4.78, 5) is -0.102. The molecule has 0 fully saturated rings. The van der Waals surface area contributed by atoms with Crippen LogP contribution < -0.4 is 0 Å². The van der Waals surface area contributed by atoms with E-state index in [2.05, 4.69) is 13.3 Å². The minimum atomic E-state index is -0.102. The van der Waals surface area contributed by atoms with Gasteiger partial charge < -0.3 is 0 Å². The molecule has 0 saturated carbocycles. The summed E-state index contributed by atoms with van der Waals surface area (Å²) < 4.78 is 0. The molecule has 0 aromatic heterocycles. The summed E-state index contributed by atoms with van der Waals surface area (Å²) in [6, 6.07) is 0. The number of hydrogen-bond donors (Lipinski definition) is 0. The molecule has 43 valence electrons. The molecule has 0 aromatic rings. The first-order valence-electron chi connectivity index (χ1n) is 2.59. The van der Waals surface area contributed by atoms with Crippen LogP contribution in [-0.4, -0.2) is 4.87 Å². The van der Waals surface area contributed by atoms with Crippen molar-refractivity contribution in [1.82, 2.24) is 0 Å². The van der Waals surface area contributed by atoms with Crippen LogP contribution >= 0.6 is 11.6 Å². The monoisotopic (exact) mass is 119 g/mol. The largest absolute Gasteiger partial charge is 0.120 e. The van der Waals surface area contributed by atoms with E-state index >= 15 is 0 Å². The first-order valence-corrected chi connectivity index (χ1v) is 2.97. The molecule has 0 N–H and O–H groups in total. The lowest BCUT2D eigenvalue weighted by molar-refractivity contribution is 0.766. The van der Waals surface area contributed by atoms with Crippen molar-refractivity contribution in [2.75, 3.05) is 0 Å². The standard InChI is InChI=1S/C6H12Cl/c1-4-5-6(2,3)7/h5H,4H2,1-3H3. The summed E-state index contributed by atoms with van der Waals surface area (Å²) in [6.45, 7) is 6.06. The van der Waals surface area contributed by atoms with Crippen molar-refractivity contribution in [3.63, 3.8) is 0 Å². The highest BCUT2D eigenvalue weighted by Crippen LogP contribution is 2.17. The van der Waals surface area contributed by atoms with E-state index < -0.39 is 0 Å². The van der Waals surface area contributed by atoms with E-state index in [0.29, 0.717) is 0 Å². The molecular weight excluding hydrogens is 108 g/mol. The fraction of sp³-hybridized carbons (Fsp3) is 0.833. The summed E-state index contributed by atoms with van der Waals surface area (Å²) in [5.74, 6) is 0. The smallest absolute Gasteiger partial charge is 0.0421 e. The number of halogens is 1. The Labute approximate surface area is 50.9 Å². The first kappa shape index (κ1) is 7.29. The summed E-state index contributed by atoms with van der Waals surface area (Å²) in [7, 11) is 0. The van der Waals surface area contributed by atoms with Gasteiger partial charge in [-0.1, -0.05) is 13.3 Å². The van der Waals surface area contributed by atoms with Gasteiger partial charge in [0.1, 0.15) is 0 Å². The van der Waals surface area contributed by atoms with Gasteiger partial charge in [-0.25, -0.2) is 0 Å². The Kier molecular flexibility index (Phi) is 2.67. The Bertz CT molecular complexity index is 42.6. The molecule has 0 aromatic carbocycles. The SMILES string of the molecule is CC[CH]C(C)(C)Cl. The molecule has 0 unspecified atom stereocenters. The summed E-state index contributed by atoms with van der Waals surface area (Å²) in [6.07, 6.45) is 3.13. The number of hydrogen-bond acceptors (Lipinski definition) is 0. The maximum absolute atomic E-state index is 5.78. The molecule has 0 aliphatic carbocycles. The first-order chi connectivity index (χ1) is 3.06. The van der Waals surface area contributed by atoms with Crippen LogP contribution in [0.15, 0.2) is 0 Å². The van der Waals surface area contributed by atoms with Crippen molar-refractivity contribution in [3.8, 4) is 0 Å². The van der Waals surface area contributed by atoms with Crippen molar-refractivity contribution in [1.29, 1.82) is 0 Å². The normalized spacial score (nSPS) is 12.0. The predicted molar refractivity (Wildman–Crippen MR) is 34.5 cm³/mol. The van der Waals surface area contributed by atoms with Gasteiger partial charge in [-0.15, -0.1) is 11.6 Å². The van der Waals surface area contributed by atoms with Gasteiger partial charge in [0.2, 0.25) is 0 Å². The maximum Gasteiger partial charge on any atom is 0.0421 e. The molecular formula is C6H12Cl. The van der Waals surface area contributed by atoms with E-state index in [4.69, 9.17) is 11.6 Å². The molecule has 0 amide bonds. The Balaban J connectivity index is 3.15. The fourth-order valence-corrected chi connectivity index (χ4v) is 0.640. The van der Waals surface area contributed by atoms with E-state index in [1.807, 2.05) is 13.8 Å². The van der Waals surface area contributed by atoms with Crippen LogP contribution in [-0.2, 0) is 0 Å². The lowest BCUT2D eigenvalue weighted by atomic mass is 10.1. The lowest BCUT2D eigenvalue weighted by Crippen LogP contribution is -2.08. The highest BCUT2D eigenvalue weighted by molar-refractivity contribution is 6.24. The van der Waals surface area contributed by atoms with Crippen molar-refractivity contribution in [2.45, 2.75) is 32.1 Å². The molecule has 7 heavy (non-hydrogen) atoms. The van der Waals surface area contributed by atoms with Crippen LogP contribution in [0.2, 0.25) is 0 Å². The highest BCUT2D eigenvalue weighted by atomic mass is 35.5. The van der Waals surface area contributed by atoms with Crippen LogP contribution in [0.1, 0.15) is 27.2 Å². The van der Waals surface area contributed by atoms with E-state index in [0.717, 1.165) is 6.42 Å². The third-order valence-electron chi connectivity index (χ3n) is 0.690. The number of rotatable bonds is 2. The molecule has 0 bridgehead atoms. The molecule has 1 radical (unpaired) electrons. The Morgan fingerprint density at radius 3 is 2.00 bits per heavy atom. The van der Waals surface area contributed by atoms with Gasteiger partial charge in [-0.05, 0) is 20.3 Å². The van der Waals surface area contributed by atoms with Gasteiger partial charge >= 0.3 is 0 Å². The quantitative estimate of drug-likeness (QED) is 0.491. The van der Waals surface area contributed by atoms with E-state index in [1.165, 1.54) is 0 Å². The zero-order valence-electron chi connectivity index (χ0n) is 5.16. The zero-order chi connectivity index (χ0) is 5.91. The minimum Gasteiger partial charge on any atom is -0.120 e. The van der Waals surface area contributed by atoms with Crippen LogP contribution in [0.25, 0.3) is 0 Å². The Morgan fingerprint density at radius 1 is 1.57 bits per heavy atom. The lowest BCUT2D eigenvalue weighted by Gasteiger charge is -2.11. The average Bonchev–Trinajstić information content (AvgIpc) is 1.30. The second-order valence-electron chi connectivity index (χ2n) is 2.18. The van der Waals surface area contributed by atoms with Crippen LogP contribution in [0, 0.1) is 6.42 Å². The molecule has 0 aliphatic rings. The molecule has 0 spiro atoms. The zero-order valence-corrected chi connectivity index (χ0v) is 5.92. The molecule has 0 atom stereocenters. The molecule has 1 heteroatoms. The summed E-state index contributed by atoms with van der Waals surface area (Å²) >= 11 is 5.78. The predicted octanol–water partition coefficient (Wildman–Crippen LogP) is 2.62. The minimum absolute atomic E-state index is 0.102. The third kappa shape index (κ3) is 6.29. The van der Waals surface area contributed by atoms with Gasteiger partial charge in [0.25, 0.3) is 0 Å². The second kappa shape index (κ2) is 2.56. The van der Waals surface area contributed by atoms with Crippen LogP contribution in [0.4, 0.5) is 0 Å². The third-order valence-corrected chi connectivity index (χ3v) is 0.844. The van der Waals surface area contributed by atoms with Crippen molar-refractivity contribution in [3.05, 3.63) is 6.42 Å². The van der Waals surface area contributed by atoms with Gasteiger partial charge in [0, 0.05) is 4.87 Å². The number of alkyl halides is 1. The van der Waals surface area contributed by atoms with E-state index in [-0.39, 0.29) is 4.87 Å². The molecule has 0 heterocycles. The van der Waals surface area contributed by atoms with E-state index in [9.17, 15) is 0 Å². The van der Waals surface area contributed by atoms with Gasteiger partial charge in [0.05, 0.1) is 0 Å². The molecule has 0 rings (SSSR count). The Hall–Kier alpha value is 0.290. The summed E-state index contributed by atoms with van der Waals surface area (Å²) in [5, 5.41) is 0. The van der Waals surface area contributed by atoms with Crippen LogP contribution in [0.3, 0.4) is 0 Å². The highest BCUT2D eigenvalue weighted by Gasteiger charge is 2.09. The van der Waals surface area contributed by atoms with Gasteiger partial charge in [0.15, 0.2) is 0 Å². The fourth-order valence-electron chi connectivity index (χ4n) is 0.485. The molecule has 0 saturated heterocycles. The van der Waals surface area contributed by atoms with Crippen molar-refractivity contribution in [2.24, 2.45) is 0 Å². The molecule has 0 aliphatic heterocycles. The van der Waals surface area contributed by atoms with Crippen LogP contribution in [0.5, 0.6) is 0 Å². The van der Waals surface area contributed by atoms with Crippen molar-refractivity contribution < 1.29 is 0 Å². The maximum atomic E-state index is 5.78. The Morgan fingerprint density at radius 2 is 2.00 bits per heavy atom. The van der Waals surface area contributed by atoms with Gasteiger partial charge in [-0.3, -0.25) is 0 Å². The average molecular weight is 120 g/mol. The summed E-state index contributed by atoms with van der Waals surface area (Å²) in [5.41, 5.74) is 0. The van der Waals surface area contributed by atoms with Crippen molar-refractivity contribution >= 4 is 11.6 Å². The topological polar surface area (TPSA) is 0 Å².